The largest absolute Gasteiger partial charge is 0.328 e. The van der Waals surface area contributed by atoms with E-state index in [1.165, 1.54) is 18.0 Å². The fraction of sp³-hybridized carbons (Fsp3) is 0.143. The Hall–Kier alpha value is -1.21. The molecule has 0 saturated carbocycles. The Morgan fingerprint density at radius 2 is 2.45 bits per heavy atom. The molecule has 0 aromatic carbocycles. The Balaban J connectivity index is 3.40. The summed E-state index contributed by atoms with van der Waals surface area (Å²) in [5.41, 5.74) is -0.126. The molecule has 11 heavy (non-hydrogen) atoms. The van der Waals surface area contributed by atoms with Gasteiger partial charge in [0, 0.05) is 11.1 Å². The van der Waals surface area contributed by atoms with Gasteiger partial charge in [-0.05, 0) is 12.3 Å². The standard InChI is InChI=1S/C7H6N2OS/c1-11-6-2-3-9-7(10)5(6)4-8/h2-3H,1H3,(H,9,10). The van der Waals surface area contributed by atoms with Crippen molar-refractivity contribution in [3.63, 3.8) is 0 Å². The molecule has 0 aliphatic carbocycles. The maximum atomic E-state index is 10.9. The SMILES string of the molecule is CSc1cc[nH]c(=O)c1C#N. The number of nitrogens with zero attached hydrogens (tertiary/aromatic N) is 1. The minimum absolute atomic E-state index is 0.194. The van der Waals surface area contributed by atoms with Crippen LogP contribution in [-0.4, -0.2) is 11.2 Å². The summed E-state index contributed by atoms with van der Waals surface area (Å²) in [6.07, 6.45) is 3.37. The molecule has 1 N–H and O–H groups in total. The second-order valence-corrected chi connectivity index (χ2v) is 2.71. The molecule has 0 bridgehead atoms. The summed E-state index contributed by atoms with van der Waals surface area (Å²) in [7, 11) is 0. The number of hydrogen-bond acceptors (Lipinski definition) is 3. The fourth-order valence-electron chi connectivity index (χ4n) is 0.736. The minimum Gasteiger partial charge on any atom is -0.328 e. The van der Waals surface area contributed by atoms with Gasteiger partial charge in [0.05, 0.1) is 0 Å². The predicted octanol–water partition coefficient (Wildman–Crippen LogP) is 0.968. The number of pyridine rings is 1. The van der Waals surface area contributed by atoms with Crippen LogP contribution in [0.15, 0.2) is 22.0 Å². The highest BCUT2D eigenvalue weighted by atomic mass is 32.2. The molecule has 1 heterocycles. The van der Waals surface area contributed by atoms with E-state index in [4.69, 9.17) is 5.26 Å². The van der Waals surface area contributed by atoms with Crippen LogP contribution in [0.4, 0.5) is 0 Å². The molecule has 0 aliphatic heterocycles. The molecule has 0 aliphatic rings. The van der Waals surface area contributed by atoms with Gasteiger partial charge in [-0.2, -0.15) is 5.26 Å². The van der Waals surface area contributed by atoms with E-state index in [9.17, 15) is 4.79 Å². The highest BCUT2D eigenvalue weighted by Gasteiger charge is 2.02. The lowest BCUT2D eigenvalue weighted by Crippen LogP contribution is -2.09. The van der Waals surface area contributed by atoms with Gasteiger partial charge in [0.1, 0.15) is 11.6 Å². The summed E-state index contributed by atoms with van der Waals surface area (Å²) in [6.45, 7) is 0. The van der Waals surface area contributed by atoms with Crippen LogP contribution in [0.5, 0.6) is 0 Å². The lowest BCUT2D eigenvalue weighted by atomic mass is 10.3. The molecule has 1 aromatic rings. The summed E-state index contributed by atoms with van der Waals surface area (Å²) in [5, 5.41) is 8.55. The van der Waals surface area contributed by atoms with E-state index in [2.05, 4.69) is 4.98 Å². The van der Waals surface area contributed by atoms with Gasteiger partial charge in [-0.1, -0.05) is 0 Å². The van der Waals surface area contributed by atoms with Crippen LogP contribution in [-0.2, 0) is 0 Å². The zero-order valence-electron chi connectivity index (χ0n) is 5.92. The third-order valence-corrected chi connectivity index (χ3v) is 2.03. The fourth-order valence-corrected chi connectivity index (χ4v) is 1.28. The lowest BCUT2D eigenvalue weighted by molar-refractivity contribution is 1.16. The Morgan fingerprint density at radius 1 is 1.73 bits per heavy atom. The minimum atomic E-state index is -0.320. The van der Waals surface area contributed by atoms with E-state index in [0.717, 1.165) is 4.90 Å². The van der Waals surface area contributed by atoms with Crippen molar-refractivity contribution in [2.24, 2.45) is 0 Å². The van der Waals surface area contributed by atoms with E-state index in [1.807, 2.05) is 12.3 Å². The number of hydrogen-bond donors (Lipinski definition) is 1. The highest BCUT2D eigenvalue weighted by molar-refractivity contribution is 7.98. The number of aromatic nitrogens is 1. The molecule has 4 heteroatoms. The zero-order valence-corrected chi connectivity index (χ0v) is 6.73. The van der Waals surface area contributed by atoms with Crippen molar-refractivity contribution in [3.05, 3.63) is 28.2 Å². The molecule has 1 rings (SSSR count). The maximum Gasteiger partial charge on any atom is 0.267 e. The molecular weight excluding hydrogens is 160 g/mol. The van der Waals surface area contributed by atoms with Crippen LogP contribution >= 0.6 is 11.8 Å². The second kappa shape index (κ2) is 3.26. The molecule has 56 valence electrons. The molecule has 0 radical (unpaired) electrons. The predicted molar refractivity (Wildman–Crippen MR) is 43.6 cm³/mol. The third kappa shape index (κ3) is 1.44. The van der Waals surface area contributed by atoms with Crippen LogP contribution < -0.4 is 5.56 Å². The molecule has 1 aromatic heterocycles. The van der Waals surface area contributed by atoms with Crippen LogP contribution in [0.3, 0.4) is 0 Å². The van der Waals surface area contributed by atoms with Crippen LogP contribution in [0.2, 0.25) is 0 Å². The van der Waals surface area contributed by atoms with Gasteiger partial charge in [0.15, 0.2) is 0 Å². The molecule has 0 spiro atoms. The number of rotatable bonds is 1. The first-order valence-electron chi connectivity index (χ1n) is 2.95. The van der Waals surface area contributed by atoms with Crippen molar-refractivity contribution < 1.29 is 0 Å². The van der Waals surface area contributed by atoms with Crippen molar-refractivity contribution >= 4 is 11.8 Å². The van der Waals surface area contributed by atoms with Crippen molar-refractivity contribution in [2.45, 2.75) is 4.90 Å². The smallest absolute Gasteiger partial charge is 0.267 e. The molecule has 3 nitrogen and oxygen atoms in total. The monoisotopic (exact) mass is 166 g/mol. The van der Waals surface area contributed by atoms with E-state index < -0.39 is 0 Å². The summed E-state index contributed by atoms with van der Waals surface area (Å²) >= 11 is 1.39. The van der Waals surface area contributed by atoms with E-state index in [0.29, 0.717) is 0 Å². The average Bonchev–Trinajstić information content (AvgIpc) is 2.04. The van der Waals surface area contributed by atoms with Gasteiger partial charge in [-0.15, -0.1) is 11.8 Å². The third-order valence-electron chi connectivity index (χ3n) is 1.25. The first-order chi connectivity index (χ1) is 5.29. The van der Waals surface area contributed by atoms with Gasteiger partial charge in [0.25, 0.3) is 5.56 Å². The summed E-state index contributed by atoms with van der Waals surface area (Å²) in [5.74, 6) is 0. The van der Waals surface area contributed by atoms with Crippen molar-refractivity contribution in [3.8, 4) is 6.07 Å². The van der Waals surface area contributed by atoms with Gasteiger partial charge in [-0.25, -0.2) is 0 Å². The molecular formula is C7H6N2OS. The summed E-state index contributed by atoms with van der Waals surface area (Å²) < 4.78 is 0. The molecule has 0 saturated heterocycles. The Morgan fingerprint density at radius 3 is 2.91 bits per heavy atom. The average molecular weight is 166 g/mol. The zero-order chi connectivity index (χ0) is 8.27. The number of aromatic amines is 1. The van der Waals surface area contributed by atoms with Gasteiger partial charge >= 0.3 is 0 Å². The van der Waals surface area contributed by atoms with Gasteiger partial charge < -0.3 is 4.98 Å². The first-order valence-corrected chi connectivity index (χ1v) is 4.18. The van der Waals surface area contributed by atoms with Crippen LogP contribution in [0.1, 0.15) is 5.56 Å². The van der Waals surface area contributed by atoms with E-state index in [-0.39, 0.29) is 11.1 Å². The number of nitrogens with one attached hydrogen (secondary N) is 1. The van der Waals surface area contributed by atoms with E-state index in [1.54, 1.807) is 6.07 Å². The molecule has 0 amide bonds. The van der Waals surface area contributed by atoms with Gasteiger partial charge in [-0.3, -0.25) is 4.79 Å². The Labute approximate surface area is 68.1 Å². The lowest BCUT2D eigenvalue weighted by Gasteiger charge is -1.95. The van der Waals surface area contributed by atoms with Crippen molar-refractivity contribution in [2.75, 3.05) is 6.26 Å². The number of thioether (sulfide) groups is 1. The first kappa shape index (κ1) is 7.89. The summed E-state index contributed by atoms with van der Waals surface area (Å²) in [6, 6.07) is 3.56. The Kier molecular flexibility index (Phi) is 2.34. The van der Waals surface area contributed by atoms with Crippen LogP contribution in [0.25, 0.3) is 0 Å². The normalized spacial score (nSPS) is 9.09. The molecule has 0 atom stereocenters. The highest BCUT2D eigenvalue weighted by Crippen LogP contribution is 2.14. The van der Waals surface area contributed by atoms with Crippen molar-refractivity contribution in [1.29, 1.82) is 5.26 Å². The maximum absolute atomic E-state index is 10.9. The second-order valence-electron chi connectivity index (χ2n) is 1.86. The number of nitriles is 1. The van der Waals surface area contributed by atoms with E-state index >= 15 is 0 Å². The summed E-state index contributed by atoms with van der Waals surface area (Å²) in [4.78, 5) is 14.1. The topological polar surface area (TPSA) is 56.6 Å². The van der Waals surface area contributed by atoms with Crippen molar-refractivity contribution in [1.82, 2.24) is 4.98 Å². The van der Waals surface area contributed by atoms with Gasteiger partial charge in [0.2, 0.25) is 0 Å². The molecule has 0 unspecified atom stereocenters. The van der Waals surface area contributed by atoms with Crippen LogP contribution in [0, 0.1) is 11.3 Å². The Bertz CT molecular complexity index is 350. The number of H-pyrrole nitrogens is 1. The molecule has 0 fully saturated rings. The quantitative estimate of drug-likeness (QED) is 0.632.